The molecule has 0 saturated heterocycles. The van der Waals surface area contributed by atoms with Gasteiger partial charge >= 0.3 is 0 Å². The van der Waals surface area contributed by atoms with Crippen LogP contribution in [0.3, 0.4) is 0 Å². The lowest BCUT2D eigenvalue weighted by Gasteiger charge is -2.26. The number of carbonyl (C=O) groups is 1. The Morgan fingerprint density at radius 1 is 1.20 bits per heavy atom. The van der Waals surface area contributed by atoms with Crippen LogP contribution in [0, 0.1) is 0 Å². The number of rotatable bonds is 8. The third kappa shape index (κ3) is 5.76. The quantitative estimate of drug-likeness (QED) is 0.780. The lowest BCUT2D eigenvalue weighted by atomic mass is 10.0. The second kappa shape index (κ2) is 9.44. The highest BCUT2D eigenvalue weighted by atomic mass is 35.5. The Kier molecular flexibility index (Phi) is 7.29. The predicted octanol–water partition coefficient (Wildman–Crippen LogP) is 3.70. The number of likely N-dealkylation sites (N-methyl/N-ethyl adjacent to an activating group) is 1. The standard InChI is InChI=1S/C20H25ClN2O2/c1-23(2)18(17-9-4-5-10-19(17)25-3)14-22-20(24)12-11-15-7-6-8-16(21)13-15/h4-10,13,18H,11-12,14H2,1-3H3,(H,22,24). The maximum Gasteiger partial charge on any atom is 0.220 e. The Labute approximate surface area is 154 Å². The smallest absolute Gasteiger partial charge is 0.220 e. The second-order valence-electron chi connectivity index (χ2n) is 6.16. The van der Waals surface area contributed by atoms with E-state index < -0.39 is 0 Å². The number of aryl methyl sites for hydroxylation is 1. The summed E-state index contributed by atoms with van der Waals surface area (Å²) in [7, 11) is 5.65. The Bertz CT molecular complexity index is 704. The zero-order chi connectivity index (χ0) is 18.2. The summed E-state index contributed by atoms with van der Waals surface area (Å²) in [6, 6.07) is 15.6. The average Bonchev–Trinajstić information content (AvgIpc) is 2.60. The molecule has 1 atom stereocenters. The number of hydrogen-bond donors (Lipinski definition) is 1. The van der Waals surface area contributed by atoms with Gasteiger partial charge in [0, 0.05) is 23.6 Å². The van der Waals surface area contributed by atoms with E-state index in [2.05, 4.69) is 10.2 Å². The fraction of sp³-hybridized carbons (Fsp3) is 0.350. The second-order valence-corrected chi connectivity index (χ2v) is 6.59. The van der Waals surface area contributed by atoms with Crippen molar-refractivity contribution < 1.29 is 9.53 Å². The Balaban J connectivity index is 1.93. The molecular weight excluding hydrogens is 336 g/mol. The van der Waals surface area contributed by atoms with Crippen LogP contribution in [-0.2, 0) is 11.2 Å². The van der Waals surface area contributed by atoms with E-state index in [-0.39, 0.29) is 11.9 Å². The highest BCUT2D eigenvalue weighted by molar-refractivity contribution is 6.30. The van der Waals surface area contributed by atoms with Crippen LogP contribution in [0.25, 0.3) is 0 Å². The van der Waals surface area contributed by atoms with E-state index in [1.807, 2.05) is 62.6 Å². The maximum atomic E-state index is 12.2. The molecule has 2 aromatic carbocycles. The summed E-state index contributed by atoms with van der Waals surface area (Å²) in [5, 5.41) is 3.73. The van der Waals surface area contributed by atoms with Crippen LogP contribution in [0.5, 0.6) is 5.75 Å². The highest BCUT2D eigenvalue weighted by Crippen LogP contribution is 2.27. The number of nitrogens with one attached hydrogen (secondary N) is 1. The molecular formula is C20H25ClN2O2. The average molecular weight is 361 g/mol. The third-order valence-corrected chi connectivity index (χ3v) is 4.38. The van der Waals surface area contributed by atoms with Crippen molar-refractivity contribution in [2.24, 2.45) is 0 Å². The molecule has 0 saturated carbocycles. The molecule has 134 valence electrons. The van der Waals surface area contributed by atoms with Crippen molar-refractivity contribution in [2.75, 3.05) is 27.7 Å². The molecule has 1 N–H and O–H groups in total. The molecule has 2 rings (SSSR count). The molecule has 0 aliphatic rings. The highest BCUT2D eigenvalue weighted by Gasteiger charge is 2.18. The summed E-state index contributed by atoms with van der Waals surface area (Å²) >= 11 is 5.98. The zero-order valence-corrected chi connectivity index (χ0v) is 15.7. The van der Waals surface area contributed by atoms with Gasteiger partial charge in [-0.05, 0) is 44.3 Å². The Morgan fingerprint density at radius 3 is 2.64 bits per heavy atom. The minimum Gasteiger partial charge on any atom is -0.496 e. The first-order valence-electron chi connectivity index (χ1n) is 8.31. The summed E-state index contributed by atoms with van der Waals surface area (Å²) in [5.74, 6) is 0.857. The number of para-hydroxylation sites is 1. The van der Waals surface area contributed by atoms with Gasteiger partial charge in [-0.3, -0.25) is 4.79 Å². The van der Waals surface area contributed by atoms with E-state index in [9.17, 15) is 4.79 Å². The lowest BCUT2D eigenvalue weighted by molar-refractivity contribution is -0.121. The van der Waals surface area contributed by atoms with Crippen LogP contribution < -0.4 is 10.1 Å². The van der Waals surface area contributed by atoms with Crippen LogP contribution in [-0.4, -0.2) is 38.6 Å². The molecule has 0 heterocycles. The largest absolute Gasteiger partial charge is 0.496 e. The number of nitrogens with zero attached hydrogens (tertiary/aromatic N) is 1. The molecule has 1 unspecified atom stereocenters. The van der Waals surface area contributed by atoms with Crippen molar-refractivity contribution >= 4 is 17.5 Å². The molecule has 4 nitrogen and oxygen atoms in total. The van der Waals surface area contributed by atoms with Crippen LogP contribution in [0.2, 0.25) is 5.02 Å². The van der Waals surface area contributed by atoms with E-state index in [1.54, 1.807) is 7.11 Å². The molecule has 5 heteroatoms. The van der Waals surface area contributed by atoms with Crippen molar-refractivity contribution in [3.63, 3.8) is 0 Å². The van der Waals surface area contributed by atoms with Crippen molar-refractivity contribution in [3.8, 4) is 5.75 Å². The fourth-order valence-electron chi connectivity index (χ4n) is 2.76. The summed E-state index contributed by atoms with van der Waals surface area (Å²) in [4.78, 5) is 14.3. The topological polar surface area (TPSA) is 41.6 Å². The molecule has 0 aliphatic heterocycles. The number of carbonyl (C=O) groups excluding carboxylic acids is 1. The summed E-state index contributed by atoms with van der Waals surface area (Å²) in [6.45, 7) is 0.530. The van der Waals surface area contributed by atoms with Gasteiger partial charge in [0.05, 0.1) is 13.2 Å². The van der Waals surface area contributed by atoms with Crippen molar-refractivity contribution in [2.45, 2.75) is 18.9 Å². The van der Waals surface area contributed by atoms with E-state index in [1.165, 1.54) is 0 Å². The van der Waals surface area contributed by atoms with Gasteiger partial charge in [0.1, 0.15) is 5.75 Å². The van der Waals surface area contributed by atoms with Crippen molar-refractivity contribution in [1.82, 2.24) is 10.2 Å². The van der Waals surface area contributed by atoms with E-state index in [0.29, 0.717) is 24.4 Å². The van der Waals surface area contributed by atoms with Gasteiger partial charge in [-0.1, -0.05) is 41.9 Å². The molecule has 0 aromatic heterocycles. The van der Waals surface area contributed by atoms with Crippen LogP contribution in [0.1, 0.15) is 23.6 Å². The first kappa shape index (κ1) is 19.3. The van der Waals surface area contributed by atoms with Gasteiger partial charge in [0.15, 0.2) is 0 Å². The first-order valence-corrected chi connectivity index (χ1v) is 8.69. The van der Waals surface area contributed by atoms with Crippen molar-refractivity contribution in [1.29, 1.82) is 0 Å². The predicted molar refractivity (Wildman–Crippen MR) is 102 cm³/mol. The molecule has 0 bridgehead atoms. The normalized spacial score (nSPS) is 12.0. The molecule has 25 heavy (non-hydrogen) atoms. The molecule has 0 aliphatic carbocycles. The number of benzene rings is 2. The summed E-state index contributed by atoms with van der Waals surface area (Å²) in [5.41, 5.74) is 2.13. The van der Waals surface area contributed by atoms with Gasteiger partial charge in [-0.15, -0.1) is 0 Å². The van der Waals surface area contributed by atoms with Gasteiger partial charge < -0.3 is 15.0 Å². The zero-order valence-electron chi connectivity index (χ0n) is 15.0. The van der Waals surface area contributed by atoms with Crippen LogP contribution in [0.15, 0.2) is 48.5 Å². The minimum absolute atomic E-state index is 0.0294. The molecule has 1 amide bonds. The van der Waals surface area contributed by atoms with Gasteiger partial charge in [0.25, 0.3) is 0 Å². The van der Waals surface area contributed by atoms with Gasteiger partial charge in [-0.25, -0.2) is 0 Å². The number of halogens is 1. The van der Waals surface area contributed by atoms with E-state index in [4.69, 9.17) is 16.3 Å². The minimum atomic E-state index is 0.0294. The van der Waals surface area contributed by atoms with Crippen LogP contribution in [0.4, 0.5) is 0 Å². The third-order valence-electron chi connectivity index (χ3n) is 4.14. The Hall–Kier alpha value is -2.04. The van der Waals surface area contributed by atoms with Crippen molar-refractivity contribution in [3.05, 3.63) is 64.7 Å². The fourth-order valence-corrected chi connectivity index (χ4v) is 2.97. The summed E-state index contributed by atoms with van der Waals surface area (Å²) in [6.07, 6.45) is 1.11. The molecule has 0 radical (unpaired) electrons. The van der Waals surface area contributed by atoms with Crippen LogP contribution >= 0.6 is 11.6 Å². The molecule has 2 aromatic rings. The SMILES string of the molecule is COc1ccccc1C(CNC(=O)CCc1cccc(Cl)c1)N(C)C. The number of methoxy groups -OCH3 is 1. The first-order chi connectivity index (χ1) is 12.0. The maximum absolute atomic E-state index is 12.2. The molecule has 0 fully saturated rings. The van der Waals surface area contributed by atoms with E-state index in [0.717, 1.165) is 16.9 Å². The summed E-state index contributed by atoms with van der Waals surface area (Å²) < 4.78 is 5.45. The lowest BCUT2D eigenvalue weighted by Crippen LogP contribution is -2.34. The van der Waals surface area contributed by atoms with Gasteiger partial charge in [-0.2, -0.15) is 0 Å². The monoisotopic (exact) mass is 360 g/mol. The van der Waals surface area contributed by atoms with Gasteiger partial charge in [0.2, 0.25) is 5.91 Å². The Morgan fingerprint density at radius 2 is 1.96 bits per heavy atom. The molecule has 0 spiro atoms. The number of hydrogen-bond acceptors (Lipinski definition) is 3. The number of ether oxygens (including phenoxy) is 1. The number of amides is 1. The van der Waals surface area contributed by atoms with E-state index >= 15 is 0 Å².